The second-order valence-electron chi connectivity index (χ2n) is 7.71. The molecule has 0 aliphatic carbocycles. The van der Waals surface area contributed by atoms with Crippen molar-refractivity contribution >= 4 is 34.6 Å². The van der Waals surface area contributed by atoms with Crippen LogP contribution < -0.4 is 15.0 Å². The molecular weight excluding hydrogens is 452 g/mol. The Balaban J connectivity index is 1.63. The number of aromatic nitrogens is 2. The van der Waals surface area contributed by atoms with Crippen LogP contribution in [0.1, 0.15) is 30.4 Å². The van der Waals surface area contributed by atoms with E-state index < -0.39 is 0 Å². The maximum absolute atomic E-state index is 6.31. The third kappa shape index (κ3) is 4.19. The van der Waals surface area contributed by atoms with Gasteiger partial charge < -0.3 is 19.5 Å². The first-order valence-corrected chi connectivity index (χ1v) is 11.6. The molecule has 33 heavy (non-hydrogen) atoms. The van der Waals surface area contributed by atoms with Gasteiger partial charge in [-0.25, -0.2) is 0 Å². The highest BCUT2D eigenvalue weighted by Crippen LogP contribution is 2.42. The molecule has 1 aliphatic heterocycles. The lowest BCUT2D eigenvalue weighted by molar-refractivity contribution is 0.340. The van der Waals surface area contributed by atoms with Crippen LogP contribution in [0.25, 0.3) is 5.69 Å². The molecule has 5 nitrogen and oxygen atoms in total. The van der Waals surface area contributed by atoms with Gasteiger partial charge in [-0.15, -0.1) is 0 Å². The van der Waals surface area contributed by atoms with Gasteiger partial charge in [0.2, 0.25) is 0 Å². The van der Waals surface area contributed by atoms with E-state index in [1.54, 1.807) is 0 Å². The van der Waals surface area contributed by atoms with E-state index in [0.717, 1.165) is 28.5 Å². The zero-order valence-electron chi connectivity index (χ0n) is 18.1. The lowest BCUT2D eigenvalue weighted by atomic mass is 10.0. The summed E-state index contributed by atoms with van der Waals surface area (Å²) in [5, 5.41) is 4.85. The Morgan fingerprint density at radius 1 is 1.00 bits per heavy atom. The molecule has 1 fully saturated rings. The van der Waals surface area contributed by atoms with Gasteiger partial charge in [0.25, 0.3) is 0 Å². The number of thiocarbonyl (C=S) groups is 1. The smallest absolute Gasteiger partial charge is 0.174 e. The number of hydrogen-bond donors (Lipinski definition) is 1. The maximum atomic E-state index is 6.31. The van der Waals surface area contributed by atoms with Crippen molar-refractivity contribution in [1.29, 1.82) is 0 Å². The van der Waals surface area contributed by atoms with E-state index in [9.17, 15) is 0 Å². The van der Waals surface area contributed by atoms with Crippen LogP contribution in [-0.4, -0.2) is 21.3 Å². The Labute approximate surface area is 203 Å². The Morgan fingerprint density at radius 3 is 2.58 bits per heavy atom. The number of benzene rings is 2. The number of hydrogen-bond acceptors (Lipinski definition) is 3. The fraction of sp³-hybridized carbons (Fsp3) is 0.154. The number of rotatable bonds is 6. The predicted octanol–water partition coefficient (Wildman–Crippen LogP) is 6.10. The first-order chi connectivity index (χ1) is 16.2. The van der Waals surface area contributed by atoms with Crippen LogP contribution in [0.15, 0.2) is 91.3 Å². The van der Waals surface area contributed by atoms with Gasteiger partial charge >= 0.3 is 0 Å². The van der Waals surface area contributed by atoms with Crippen molar-refractivity contribution in [3.05, 3.63) is 108 Å². The number of anilines is 1. The summed E-state index contributed by atoms with van der Waals surface area (Å²) >= 11 is 12.1. The molecule has 0 amide bonds. The van der Waals surface area contributed by atoms with E-state index in [0.29, 0.717) is 16.7 Å². The SMILES string of the molecule is CCOc1ccc(N2C(=S)N[C@@H](c3ccccn3)[C@H]2c2cccn2-c2cccc(Cl)c2)cc1. The summed E-state index contributed by atoms with van der Waals surface area (Å²) in [6, 6.07) is 25.7. The number of pyridine rings is 1. The minimum atomic E-state index is -0.127. The topological polar surface area (TPSA) is 42.3 Å². The average molecular weight is 475 g/mol. The van der Waals surface area contributed by atoms with Gasteiger partial charge in [-0.05, 0) is 85.9 Å². The molecule has 0 unspecified atom stereocenters. The number of nitrogens with one attached hydrogen (secondary N) is 1. The highest BCUT2D eigenvalue weighted by Gasteiger charge is 2.42. The minimum absolute atomic E-state index is 0.126. The van der Waals surface area contributed by atoms with E-state index in [1.807, 2.05) is 92.1 Å². The Kier molecular flexibility index (Phi) is 6.03. The van der Waals surface area contributed by atoms with Gasteiger partial charge in [-0.1, -0.05) is 23.7 Å². The summed E-state index contributed by atoms with van der Waals surface area (Å²) in [6.45, 7) is 2.60. The summed E-state index contributed by atoms with van der Waals surface area (Å²) in [4.78, 5) is 6.79. The van der Waals surface area contributed by atoms with Crippen LogP contribution in [0, 0.1) is 0 Å². The quantitative estimate of drug-likeness (QED) is 0.342. The molecule has 3 heterocycles. The summed E-state index contributed by atoms with van der Waals surface area (Å²) in [7, 11) is 0. The molecule has 0 saturated carbocycles. The average Bonchev–Trinajstić information content (AvgIpc) is 3.45. The van der Waals surface area contributed by atoms with Gasteiger partial charge in [-0.2, -0.15) is 0 Å². The third-order valence-corrected chi connectivity index (χ3v) is 6.24. The lowest BCUT2D eigenvalue weighted by Crippen LogP contribution is -2.30. The van der Waals surface area contributed by atoms with Crippen LogP contribution >= 0.6 is 23.8 Å². The molecule has 2 atom stereocenters. The highest BCUT2D eigenvalue weighted by atomic mass is 35.5. The Bertz CT molecular complexity index is 1260. The molecule has 5 rings (SSSR count). The summed E-state index contributed by atoms with van der Waals surface area (Å²) in [6.07, 6.45) is 3.86. The van der Waals surface area contributed by atoms with Crippen molar-refractivity contribution in [1.82, 2.24) is 14.9 Å². The van der Waals surface area contributed by atoms with Gasteiger partial charge in [0.05, 0.1) is 18.3 Å². The summed E-state index contributed by atoms with van der Waals surface area (Å²) in [5.41, 5.74) is 3.98. The van der Waals surface area contributed by atoms with E-state index in [-0.39, 0.29) is 12.1 Å². The molecule has 1 N–H and O–H groups in total. The molecule has 166 valence electrons. The van der Waals surface area contributed by atoms with Crippen molar-refractivity contribution < 1.29 is 4.74 Å². The third-order valence-electron chi connectivity index (χ3n) is 5.69. The van der Waals surface area contributed by atoms with Crippen LogP contribution in [0.2, 0.25) is 5.02 Å². The summed E-state index contributed by atoms with van der Waals surface area (Å²) < 4.78 is 7.79. The molecule has 2 aromatic carbocycles. The lowest BCUT2D eigenvalue weighted by Gasteiger charge is -2.29. The van der Waals surface area contributed by atoms with Gasteiger partial charge in [0.15, 0.2) is 5.11 Å². The number of halogens is 1. The Hall–Kier alpha value is -3.35. The zero-order chi connectivity index (χ0) is 22.8. The number of ether oxygens (including phenoxy) is 1. The van der Waals surface area contributed by atoms with Crippen molar-refractivity contribution in [3.63, 3.8) is 0 Å². The molecule has 0 radical (unpaired) electrons. The number of nitrogens with zero attached hydrogens (tertiary/aromatic N) is 3. The first kappa shape index (κ1) is 21.5. The molecule has 2 aromatic heterocycles. The molecule has 0 bridgehead atoms. The minimum Gasteiger partial charge on any atom is -0.494 e. The second kappa shape index (κ2) is 9.25. The monoisotopic (exact) mass is 474 g/mol. The highest BCUT2D eigenvalue weighted by molar-refractivity contribution is 7.80. The van der Waals surface area contributed by atoms with E-state index >= 15 is 0 Å². The molecule has 0 spiro atoms. The van der Waals surface area contributed by atoms with Gasteiger partial charge in [0.1, 0.15) is 11.8 Å². The van der Waals surface area contributed by atoms with Crippen molar-refractivity contribution in [2.24, 2.45) is 0 Å². The van der Waals surface area contributed by atoms with Crippen molar-refractivity contribution in [3.8, 4) is 11.4 Å². The molecule has 1 saturated heterocycles. The second-order valence-corrected chi connectivity index (χ2v) is 8.53. The summed E-state index contributed by atoms with van der Waals surface area (Å²) in [5.74, 6) is 0.833. The molecular formula is C26H23ClN4OS. The predicted molar refractivity (Wildman–Crippen MR) is 136 cm³/mol. The fourth-order valence-corrected chi connectivity index (χ4v) is 4.83. The fourth-order valence-electron chi connectivity index (χ4n) is 4.30. The van der Waals surface area contributed by atoms with Crippen LogP contribution in [-0.2, 0) is 0 Å². The molecule has 1 aliphatic rings. The largest absolute Gasteiger partial charge is 0.494 e. The standard InChI is InChI=1S/C26H23ClN4OS/c1-2-32-21-13-11-19(12-14-21)31-25(24(29-26(31)33)22-9-3-4-15-28-22)23-10-6-16-30(23)20-8-5-7-18(27)17-20/h3-17,24-25H,2H2,1H3,(H,29,33)/t24-,25+/m0/s1. The maximum Gasteiger partial charge on any atom is 0.174 e. The molecule has 4 aromatic rings. The van der Waals surface area contributed by atoms with Crippen molar-refractivity contribution in [2.75, 3.05) is 11.5 Å². The van der Waals surface area contributed by atoms with E-state index in [4.69, 9.17) is 28.6 Å². The molecule has 7 heteroatoms. The van der Waals surface area contributed by atoms with Gasteiger partial charge in [0, 0.05) is 34.5 Å². The van der Waals surface area contributed by atoms with Crippen LogP contribution in [0.4, 0.5) is 5.69 Å². The van der Waals surface area contributed by atoms with E-state index in [1.165, 1.54) is 0 Å². The first-order valence-electron chi connectivity index (χ1n) is 10.8. The van der Waals surface area contributed by atoms with Crippen molar-refractivity contribution in [2.45, 2.75) is 19.0 Å². The Morgan fingerprint density at radius 2 is 1.85 bits per heavy atom. The normalized spacial score (nSPS) is 17.8. The van der Waals surface area contributed by atoms with Gasteiger partial charge in [-0.3, -0.25) is 4.98 Å². The van der Waals surface area contributed by atoms with Crippen LogP contribution in [0.3, 0.4) is 0 Å². The zero-order valence-corrected chi connectivity index (χ0v) is 19.6. The van der Waals surface area contributed by atoms with E-state index in [2.05, 4.69) is 25.8 Å². The van der Waals surface area contributed by atoms with Crippen LogP contribution in [0.5, 0.6) is 5.75 Å².